The van der Waals surface area contributed by atoms with Crippen molar-refractivity contribution in [3.8, 4) is 18.1 Å². The molecule has 0 radical (unpaired) electrons. The Morgan fingerprint density at radius 1 is 1.50 bits per heavy atom. The number of nitrogens with one attached hydrogen (secondary N) is 1. The number of hydrogen-bond donors (Lipinski definition) is 2. The van der Waals surface area contributed by atoms with Gasteiger partial charge in [-0.2, -0.15) is 0 Å². The second-order valence-corrected chi connectivity index (χ2v) is 4.22. The van der Waals surface area contributed by atoms with E-state index in [0.29, 0.717) is 24.5 Å². The van der Waals surface area contributed by atoms with Crippen LogP contribution in [0.3, 0.4) is 0 Å². The molecule has 1 aliphatic rings. The Bertz CT molecular complexity index is 577. The van der Waals surface area contributed by atoms with Crippen molar-refractivity contribution in [1.82, 2.24) is 4.90 Å². The largest absolute Gasteiger partial charge is 0.489 e. The monoisotopic (exact) mass is 274 g/mol. The number of rotatable bonds is 4. The van der Waals surface area contributed by atoms with Crippen LogP contribution in [-0.4, -0.2) is 48.1 Å². The van der Waals surface area contributed by atoms with Crippen LogP contribution in [0.1, 0.15) is 10.4 Å². The summed E-state index contributed by atoms with van der Waals surface area (Å²) in [5.74, 6) is 1.16. The second kappa shape index (κ2) is 5.97. The molecule has 0 saturated heterocycles. The molecule has 0 bridgehead atoms. The molecule has 20 heavy (non-hydrogen) atoms. The Morgan fingerprint density at radius 3 is 3.00 bits per heavy atom. The topological polar surface area (TPSA) is 78.9 Å². The van der Waals surface area contributed by atoms with Crippen molar-refractivity contribution in [2.45, 2.75) is 0 Å². The minimum absolute atomic E-state index is 0.0672. The normalized spacial score (nSPS) is 12.3. The summed E-state index contributed by atoms with van der Waals surface area (Å²) in [4.78, 5) is 24.3. The molecule has 0 spiro atoms. The lowest BCUT2D eigenvalue weighted by atomic mass is 10.1. The number of anilines is 1. The summed E-state index contributed by atoms with van der Waals surface area (Å²) < 4.78 is 5.50. The third kappa shape index (κ3) is 2.83. The number of aliphatic carboxylic acids is 1. The fourth-order valence-electron chi connectivity index (χ4n) is 1.98. The maximum absolute atomic E-state index is 12.4. The van der Waals surface area contributed by atoms with Gasteiger partial charge in [0.25, 0.3) is 5.91 Å². The molecular weight excluding hydrogens is 260 g/mol. The first-order chi connectivity index (χ1) is 9.63. The van der Waals surface area contributed by atoms with Crippen LogP contribution < -0.4 is 10.1 Å². The average molecular weight is 274 g/mol. The number of para-hydroxylation sites is 1. The van der Waals surface area contributed by atoms with E-state index in [9.17, 15) is 9.59 Å². The van der Waals surface area contributed by atoms with E-state index in [2.05, 4.69) is 11.2 Å². The first-order valence-corrected chi connectivity index (χ1v) is 6.07. The van der Waals surface area contributed by atoms with Crippen LogP contribution >= 0.6 is 0 Å². The van der Waals surface area contributed by atoms with E-state index < -0.39 is 18.4 Å². The second-order valence-electron chi connectivity index (χ2n) is 4.22. The lowest BCUT2D eigenvalue weighted by molar-refractivity contribution is -0.137. The molecule has 1 aliphatic heterocycles. The number of carbonyl (C=O) groups is 2. The lowest BCUT2D eigenvalue weighted by Crippen LogP contribution is -2.36. The number of hydrogen-bond acceptors (Lipinski definition) is 4. The van der Waals surface area contributed by atoms with E-state index in [1.807, 2.05) is 0 Å². The van der Waals surface area contributed by atoms with Crippen molar-refractivity contribution in [3.05, 3.63) is 23.8 Å². The van der Waals surface area contributed by atoms with Gasteiger partial charge in [0.2, 0.25) is 0 Å². The number of terminal acetylenes is 1. The number of carboxylic acids is 1. The van der Waals surface area contributed by atoms with Crippen molar-refractivity contribution < 1.29 is 19.4 Å². The Hall–Kier alpha value is -2.68. The number of benzene rings is 1. The number of ether oxygens (including phenoxy) is 1. The van der Waals surface area contributed by atoms with E-state index in [4.69, 9.17) is 16.3 Å². The Morgan fingerprint density at radius 2 is 2.30 bits per heavy atom. The van der Waals surface area contributed by atoms with Gasteiger partial charge in [-0.15, -0.1) is 6.42 Å². The molecule has 1 aromatic rings. The molecule has 1 aromatic carbocycles. The van der Waals surface area contributed by atoms with Gasteiger partial charge in [0.1, 0.15) is 13.2 Å². The minimum Gasteiger partial charge on any atom is -0.489 e. The maximum Gasteiger partial charge on any atom is 0.323 e. The standard InChI is InChI=1S/C14H14N2O4/c1-2-7-16(9-12(17)18)14(19)10-4-3-5-11-13(10)20-8-6-15-11/h1,3-5,15H,6-9H2,(H,17,18). The van der Waals surface area contributed by atoms with Crippen LogP contribution in [-0.2, 0) is 4.79 Å². The van der Waals surface area contributed by atoms with Crippen LogP contribution in [0.5, 0.6) is 5.75 Å². The highest BCUT2D eigenvalue weighted by Crippen LogP contribution is 2.31. The summed E-state index contributed by atoms with van der Waals surface area (Å²) in [7, 11) is 0. The van der Waals surface area contributed by atoms with Crippen LogP contribution in [0, 0.1) is 12.3 Å². The SMILES string of the molecule is C#CCN(CC(=O)O)C(=O)c1cccc2c1OCCN2. The zero-order chi connectivity index (χ0) is 14.5. The molecule has 1 heterocycles. The molecule has 0 unspecified atom stereocenters. The van der Waals surface area contributed by atoms with Crippen LogP contribution in [0.2, 0.25) is 0 Å². The van der Waals surface area contributed by atoms with E-state index in [0.717, 1.165) is 10.6 Å². The van der Waals surface area contributed by atoms with Gasteiger partial charge in [-0.1, -0.05) is 12.0 Å². The molecule has 0 atom stereocenters. The van der Waals surface area contributed by atoms with Gasteiger partial charge in [0.05, 0.1) is 17.8 Å². The average Bonchev–Trinajstić information content (AvgIpc) is 2.45. The summed E-state index contributed by atoms with van der Waals surface area (Å²) in [6.45, 7) is 0.599. The quantitative estimate of drug-likeness (QED) is 0.788. The first-order valence-electron chi connectivity index (χ1n) is 6.07. The molecule has 2 rings (SSSR count). The van der Waals surface area contributed by atoms with E-state index in [1.54, 1.807) is 18.2 Å². The molecular formula is C14H14N2O4. The summed E-state index contributed by atoms with van der Waals surface area (Å²) in [5, 5.41) is 12.0. The van der Waals surface area contributed by atoms with Crippen molar-refractivity contribution in [2.24, 2.45) is 0 Å². The molecule has 0 saturated carbocycles. The summed E-state index contributed by atoms with van der Waals surface area (Å²) in [6, 6.07) is 5.11. The molecule has 6 nitrogen and oxygen atoms in total. The molecule has 0 aromatic heterocycles. The predicted octanol–water partition coefficient (Wildman–Crippen LogP) is 0.651. The van der Waals surface area contributed by atoms with Gasteiger partial charge >= 0.3 is 5.97 Å². The Balaban J connectivity index is 2.32. The van der Waals surface area contributed by atoms with E-state index in [-0.39, 0.29) is 6.54 Å². The third-order valence-corrected chi connectivity index (χ3v) is 2.80. The zero-order valence-corrected chi connectivity index (χ0v) is 10.8. The predicted molar refractivity (Wildman–Crippen MR) is 72.8 cm³/mol. The van der Waals surface area contributed by atoms with E-state index in [1.165, 1.54) is 0 Å². The fraction of sp³-hybridized carbons (Fsp3) is 0.286. The van der Waals surface area contributed by atoms with Gasteiger partial charge < -0.3 is 20.1 Å². The summed E-state index contributed by atoms with van der Waals surface area (Å²) in [6.07, 6.45) is 5.18. The van der Waals surface area contributed by atoms with Gasteiger partial charge in [-0.3, -0.25) is 9.59 Å². The van der Waals surface area contributed by atoms with Crippen LogP contribution in [0.25, 0.3) is 0 Å². The van der Waals surface area contributed by atoms with Crippen LogP contribution in [0.4, 0.5) is 5.69 Å². The van der Waals surface area contributed by atoms with Gasteiger partial charge in [-0.25, -0.2) is 0 Å². The summed E-state index contributed by atoms with van der Waals surface area (Å²) in [5.41, 5.74) is 1.03. The smallest absolute Gasteiger partial charge is 0.323 e. The zero-order valence-electron chi connectivity index (χ0n) is 10.8. The fourth-order valence-corrected chi connectivity index (χ4v) is 1.98. The molecule has 0 fully saturated rings. The third-order valence-electron chi connectivity index (χ3n) is 2.80. The maximum atomic E-state index is 12.4. The van der Waals surface area contributed by atoms with Crippen molar-refractivity contribution in [1.29, 1.82) is 0 Å². The van der Waals surface area contributed by atoms with Crippen LogP contribution in [0.15, 0.2) is 18.2 Å². The molecule has 2 N–H and O–H groups in total. The van der Waals surface area contributed by atoms with Gasteiger partial charge in [0.15, 0.2) is 5.75 Å². The molecule has 0 aliphatic carbocycles. The number of fused-ring (bicyclic) bond motifs is 1. The van der Waals surface area contributed by atoms with Crippen molar-refractivity contribution >= 4 is 17.6 Å². The minimum atomic E-state index is -1.11. The number of carbonyl (C=O) groups excluding carboxylic acids is 1. The highest BCUT2D eigenvalue weighted by Gasteiger charge is 2.24. The molecule has 1 amide bonds. The molecule has 6 heteroatoms. The number of carboxylic acid groups (broad SMARTS) is 1. The molecule has 104 valence electrons. The van der Waals surface area contributed by atoms with Crippen molar-refractivity contribution in [3.63, 3.8) is 0 Å². The lowest BCUT2D eigenvalue weighted by Gasteiger charge is -2.24. The first kappa shape index (κ1) is 13.7. The number of amides is 1. The van der Waals surface area contributed by atoms with Gasteiger partial charge in [0, 0.05) is 6.54 Å². The number of nitrogens with zero attached hydrogens (tertiary/aromatic N) is 1. The Labute approximate surface area is 116 Å². The highest BCUT2D eigenvalue weighted by molar-refractivity contribution is 6.00. The Kier molecular flexibility index (Phi) is 4.11. The highest BCUT2D eigenvalue weighted by atomic mass is 16.5. The van der Waals surface area contributed by atoms with Gasteiger partial charge in [-0.05, 0) is 12.1 Å². The van der Waals surface area contributed by atoms with E-state index >= 15 is 0 Å². The van der Waals surface area contributed by atoms with Crippen molar-refractivity contribution in [2.75, 3.05) is 31.6 Å². The summed E-state index contributed by atoms with van der Waals surface area (Å²) >= 11 is 0.